The summed E-state index contributed by atoms with van der Waals surface area (Å²) in [5, 5.41) is 0. The maximum atomic E-state index is 6.14. The van der Waals surface area contributed by atoms with Crippen molar-refractivity contribution in [3.05, 3.63) is 0 Å². The molecule has 0 aromatic rings. The van der Waals surface area contributed by atoms with Gasteiger partial charge in [0.05, 0.1) is 0 Å². The van der Waals surface area contributed by atoms with Crippen molar-refractivity contribution >= 4 is 77.5 Å². The first-order valence-corrected chi connectivity index (χ1v) is 41.0. The number of hydrogen-bond donors (Lipinski definition) is 0. The Kier molecular flexibility index (Phi) is 32.4. The molecular formula is C26H82O9Si9. The standard InChI is InChI=1S/C9H28O3Si4.C7H22O2Si3.C4H12O3Si.C4H12OSi.2CH4/c1-13(10-14(2,3)4)11-16(8,9)12-15(5,6)7;1-10(8-11(2,3)4)9-12(5,6)7;1-5-8(4,6-2)7-3;1-5-6(2,3)4;;/h13H,1-9H3;10H,1-7H3;1-4H3;1-4H3;2*1H4. The third kappa shape index (κ3) is 50.4. The molecule has 0 heterocycles. The minimum Gasteiger partial charge on any atom is -0.439 e. The van der Waals surface area contributed by atoms with Crippen LogP contribution >= 0.6 is 0 Å². The lowest BCUT2D eigenvalue weighted by atomic mass is 11.8. The van der Waals surface area contributed by atoms with Gasteiger partial charge in [-0.2, -0.15) is 0 Å². The first-order valence-electron chi connectivity index (χ1n) is 14.8. The zero-order valence-electron chi connectivity index (χ0n) is 32.3. The lowest BCUT2D eigenvalue weighted by molar-refractivity contribution is 0.132. The van der Waals surface area contributed by atoms with Gasteiger partial charge in [0, 0.05) is 35.0 Å². The van der Waals surface area contributed by atoms with E-state index in [1.807, 2.05) is 6.55 Å². The SMILES string of the molecule is C.C.CO[Si](C)(C)C.CO[Si](C)(OC)OC.C[SiH](O[Si](C)(C)C)O[Si](C)(C)C.C[SiH](O[Si](C)(C)C)O[Si](C)(C)O[Si](C)(C)C. The Morgan fingerprint density at radius 1 is 0.341 bits per heavy atom. The molecule has 0 saturated heterocycles. The Bertz CT molecular complexity index is 644. The molecule has 0 saturated carbocycles. The van der Waals surface area contributed by atoms with E-state index in [1.165, 1.54) is 0 Å². The highest BCUT2D eigenvalue weighted by Gasteiger charge is 2.35. The molecule has 0 fully saturated rings. The molecule has 0 spiro atoms. The largest absolute Gasteiger partial charge is 0.496 e. The van der Waals surface area contributed by atoms with Gasteiger partial charge in [0.1, 0.15) is 0 Å². The Hall–Kier alpha value is 1.59. The first-order chi connectivity index (χ1) is 18.2. The quantitative estimate of drug-likeness (QED) is 0.160. The van der Waals surface area contributed by atoms with Crippen molar-refractivity contribution in [2.45, 2.75) is 146 Å². The van der Waals surface area contributed by atoms with Gasteiger partial charge in [-0.25, -0.2) is 0 Å². The molecule has 0 aromatic carbocycles. The van der Waals surface area contributed by atoms with Gasteiger partial charge in [0.15, 0.2) is 41.6 Å². The van der Waals surface area contributed by atoms with Crippen molar-refractivity contribution in [2.75, 3.05) is 28.4 Å². The smallest absolute Gasteiger partial charge is 0.439 e. The first kappa shape index (κ1) is 57.8. The summed E-state index contributed by atoms with van der Waals surface area (Å²) in [5.41, 5.74) is 0. The minimum absolute atomic E-state index is 0. The van der Waals surface area contributed by atoms with Gasteiger partial charge in [-0.1, -0.05) is 14.9 Å². The summed E-state index contributed by atoms with van der Waals surface area (Å²) in [7, 11) is -7.30. The zero-order chi connectivity index (χ0) is 35.0. The molecule has 9 nitrogen and oxygen atoms in total. The van der Waals surface area contributed by atoms with E-state index in [9.17, 15) is 0 Å². The maximum absolute atomic E-state index is 6.14. The molecule has 0 aliphatic carbocycles. The van der Waals surface area contributed by atoms with Crippen LogP contribution in [0.15, 0.2) is 0 Å². The van der Waals surface area contributed by atoms with Crippen LogP contribution in [0.1, 0.15) is 14.9 Å². The summed E-state index contributed by atoms with van der Waals surface area (Å²) in [6, 6.07) is 0. The fourth-order valence-electron chi connectivity index (χ4n) is 2.95. The molecule has 0 radical (unpaired) electrons. The topological polar surface area (TPSA) is 83.1 Å². The van der Waals surface area contributed by atoms with Crippen LogP contribution in [0.3, 0.4) is 0 Å². The molecule has 0 bridgehead atoms. The van der Waals surface area contributed by atoms with Crippen LogP contribution in [0.2, 0.25) is 131 Å². The van der Waals surface area contributed by atoms with Crippen LogP contribution < -0.4 is 0 Å². The van der Waals surface area contributed by atoms with Crippen LogP contribution in [-0.4, -0.2) is 106 Å². The summed E-state index contributed by atoms with van der Waals surface area (Å²) in [6.45, 7) is 43.3. The normalized spacial score (nSPS) is 13.6. The average Bonchev–Trinajstić information content (AvgIpc) is 2.67. The van der Waals surface area contributed by atoms with Crippen molar-refractivity contribution < 1.29 is 38.3 Å². The fraction of sp³-hybridized carbons (Fsp3) is 1.00. The van der Waals surface area contributed by atoms with E-state index >= 15 is 0 Å². The van der Waals surface area contributed by atoms with E-state index in [2.05, 4.69) is 124 Å². The summed E-state index contributed by atoms with van der Waals surface area (Å²) in [6.07, 6.45) is 0. The van der Waals surface area contributed by atoms with E-state index in [0.717, 1.165) is 0 Å². The fourth-order valence-corrected chi connectivity index (χ4v) is 26.4. The Balaban J connectivity index is -0.000000115. The second-order valence-corrected chi connectivity index (χ2v) is 49.5. The van der Waals surface area contributed by atoms with Crippen molar-refractivity contribution in [3.63, 3.8) is 0 Å². The van der Waals surface area contributed by atoms with Crippen LogP contribution in [-0.2, 0) is 38.3 Å². The van der Waals surface area contributed by atoms with Crippen LogP contribution in [0, 0.1) is 0 Å². The van der Waals surface area contributed by atoms with E-state index < -0.39 is 77.5 Å². The molecule has 0 N–H and O–H groups in total. The van der Waals surface area contributed by atoms with Crippen molar-refractivity contribution in [1.82, 2.24) is 0 Å². The Morgan fingerprint density at radius 3 is 0.705 bits per heavy atom. The Morgan fingerprint density at radius 2 is 0.568 bits per heavy atom. The molecule has 44 heavy (non-hydrogen) atoms. The summed E-state index contributed by atoms with van der Waals surface area (Å²) >= 11 is 0. The molecule has 0 aliphatic heterocycles. The van der Waals surface area contributed by atoms with Gasteiger partial charge in [-0.05, 0) is 124 Å². The van der Waals surface area contributed by atoms with Crippen molar-refractivity contribution in [1.29, 1.82) is 0 Å². The molecule has 1 atom stereocenters. The van der Waals surface area contributed by atoms with Gasteiger partial charge in [-0.15, -0.1) is 0 Å². The summed E-state index contributed by atoms with van der Waals surface area (Å²) in [4.78, 5) is 0. The molecular weight excluding hydrogens is 709 g/mol. The number of rotatable bonds is 14. The van der Waals surface area contributed by atoms with Crippen LogP contribution in [0.5, 0.6) is 0 Å². The van der Waals surface area contributed by atoms with Gasteiger partial charge in [0.2, 0.25) is 0 Å². The van der Waals surface area contributed by atoms with Gasteiger partial charge >= 0.3 is 17.4 Å². The highest BCUT2D eigenvalue weighted by Crippen LogP contribution is 2.18. The molecule has 18 heteroatoms. The van der Waals surface area contributed by atoms with E-state index in [4.69, 9.17) is 38.3 Å². The third-order valence-electron chi connectivity index (χ3n) is 4.29. The minimum atomic E-state index is -2.17. The molecule has 0 aliphatic rings. The lowest BCUT2D eigenvalue weighted by Crippen LogP contribution is -2.49. The Labute approximate surface area is 288 Å². The van der Waals surface area contributed by atoms with Crippen molar-refractivity contribution in [3.8, 4) is 0 Å². The lowest BCUT2D eigenvalue weighted by Gasteiger charge is -2.34. The second kappa shape index (κ2) is 24.7. The molecule has 276 valence electrons. The maximum Gasteiger partial charge on any atom is 0.496 e. The number of hydrogen-bond acceptors (Lipinski definition) is 9. The average molecular weight is 792 g/mol. The van der Waals surface area contributed by atoms with Crippen LogP contribution in [0.25, 0.3) is 0 Å². The van der Waals surface area contributed by atoms with Crippen LogP contribution in [0.4, 0.5) is 0 Å². The molecule has 0 aromatic heterocycles. The highest BCUT2D eigenvalue weighted by molar-refractivity contribution is 6.85. The van der Waals surface area contributed by atoms with Crippen molar-refractivity contribution in [2.24, 2.45) is 0 Å². The second-order valence-electron chi connectivity index (χ2n) is 15.3. The van der Waals surface area contributed by atoms with Gasteiger partial charge < -0.3 is 38.3 Å². The zero-order valence-corrected chi connectivity index (χ0v) is 41.6. The monoisotopic (exact) mass is 790 g/mol. The predicted octanol–water partition coefficient (Wildman–Crippen LogP) is 9.03. The highest BCUT2D eigenvalue weighted by atomic mass is 28.5. The molecule has 0 rings (SSSR count). The summed E-state index contributed by atoms with van der Waals surface area (Å²) in [5.74, 6) is 0. The summed E-state index contributed by atoms with van der Waals surface area (Å²) < 4.78 is 49.9. The van der Waals surface area contributed by atoms with E-state index in [-0.39, 0.29) is 14.9 Å². The van der Waals surface area contributed by atoms with E-state index in [0.29, 0.717) is 0 Å². The third-order valence-corrected chi connectivity index (χ3v) is 28.2. The van der Waals surface area contributed by atoms with Gasteiger partial charge in [0.25, 0.3) is 18.6 Å². The van der Waals surface area contributed by atoms with E-state index in [1.54, 1.807) is 28.4 Å². The van der Waals surface area contributed by atoms with Gasteiger partial charge in [-0.3, -0.25) is 0 Å². The molecule has 1 unspecified atom stereocenters. The molecule has 0 amide bonds. The predicted molar refractivity (Wildman–Crippen MR) is 219 cm³/mol.